The number of rotatable bonds is 2. The highest BCUT2D eigenvalue weighted by molar-refractivity contribution is 6.30. The first-order valence-electron chi connectivity index (χ1n) is 4.06. The average molecular weight is 219 g/mol. The Labute approximate surface area is 85.7 Å². The third kappa shape index (κ3) is 2.10. The number of carbonyl (C=O) groups excluding carboxylic acids is 1. The van der Waals surface area contributed by atoms with Crippen LogP contribution in [0.3, 0.4) is 0 Å². The van der Waals surface area contributed by atoms with E-state index < -0.39 is 11.6 Å². The lowest BCUT2D eigenvalue weighted by Gasteiger charge is -2.06. The Morgan fingerprint density at radius 3 is 2.50 bits per heavy atom. The lowest BCUT2D eigenvalue weighted by Crippen LogP contribution is -2.05. The van der Waals surface area contributed by atoms with E-state index in [1.807, 2.05) is 0 Å². The number of ketones is 1. The Hall–Kier alpha value is -0.960. The minimum absolute atomic E-state index is 0.153. The van der Waals surface area contributed by atoms with Crippen LogP contribution in [0, 0.1) is 18.6 Å². The number of aryl methyl sites for hydroxylation is 1. The Bertz CT molecular complexity index is 362. The molecular formula is C10H9ClF2O. The molecule has 76 valence electrons. The van der Waals surface area contributed by atoms with Crippen LogP contribution in [0.15, 0.2) is 6.07 Å². The molecule has 0 saturated carbocycles. The molecule has 0 aromatic heterocycles. The Kier molecular flexibility index (Phi) is 3.21. The number of hydrogen-bond acceptors (Lipinski definition) is 1. The van der Waals surface area contributed by atoms with Crippen LogP contribution in [0.1, 0.15) is 18.1 Å². The molecule has 0 heterocycles. The summed E-state index contributed by atoms with van der Waals surface area (Å²) in [6.07, 6.45) is -0.265. The van der Waals surface area contributed by atoms with Gasteiger partial charge in [-0.3, -0.25) is 4.79 Å². The maximum Gasteiger partial charge on any atom is 0.148 e. The molecule has 0 spiro atoms. The van der Waals surface area contributed by atoms with Crippen molar-refractivity contribution in [3.8, 4) is 0 Å². The SMILES string of the molecule is CC(=O)Cc1c(F)c(C)cc(Cl)c1F. The summed E-state index contributed by atoms with van der Waals surface area (Å²) in [4.78, 5) is 10.8. The van der Waals surface area contributed by atoms with Gasteiger partial charge in [0.15, 0.2) is 0 Å². The molecule has 0 atom stereocenters. The zero-order chi connectivity index (χ0) is 10.9. The molecule has 0 N–H and O–H groups in total. The molecule has 0 saturated heterocycles. The summed E-state index contributed by atoms with van der Waals surface area (Å²) in [5, 5.41) is -0.153. The highest BCUT2D eigenvalue weighted by Gasteiger charge is 2.16. The predicted octanol–water partition coefficient (Wildman–Crippen LogP) is 3.06. The number of Topliss-reactive ketones (excluding diaryl/α,β-unsaturated/α-hetero) is 1. The maximum atomic E-state index is 13.4. The van der Waals surface area contributed by atoms with Crippen LogP contribution in [0.5, 0.6) is 0 Å². The quantitative estimate of drug-likeness (QED) is 0.698. The normalized spacial score (nSPS) is 10.4. The van der Waals surface area contributed by atoms with Crippen molar-refractivity contribution < 1.29 is 13.6 Å². The fourth-order valence-electron chi connectivity index (χ4n) is 1.20. The molecule has 4 heteroatoms. The summed E-state index contributed by atoms with van der Waals surface area (Å²) in [7, 11) is 0. The standard InChI is InChI=1S/C10H9ClF2O/c1-5-3-8(11)10(13)7(9(5)12)4-6(2)14/h3H,4H2,1-2H3. The average Bonchev–Trinajstić information content (AvgIpc) is 2.09. The Balaban J connectivity index is 3.31. The van der Waals surface area contributed by atoms with Crippen LogP contribution in [0.4, 0.5) is 8.78 Å². The van der Waals surface area contributed by atoms with Crippen LogP contribution >= 0.6 is 11.6 Å². The van der Waals surface area contributed by atoms with Crippen molar-refractivity contribution in [3.05, 3.63) is 33.9 Å². The largest absolute Gasteiger partial charge is 0.300 e. The summed E-state index contributed by atoms with van der Waals surface area (Å²) in [6.45, 7) is 2.75. The van der Waals surface area contributed by atoms with Gasteiger partial charge < -0.3 is 0 Å². The smallest absolute Gasteiger partial charge is 0.148 e. The Morgan fingerprint density at radius 2 is 2.00 bits per heavy atom. The monoisotopic (exact) mass is 218 g/mol. The van der Waals surface area contributed by atoms with Crippen molar-refractivity contribution in [2.45, 2.75) is 20.3 Å². The lowest BCUT2D eigenvalue weighted by atomic mass is 10.1. The molecule has 0 radical (unpaired) electrons. The predicted molar refractivity (Wildman–Crippen MR) is 50.5 cm³/mol. The first kappa shape index (κ1) is 11.1. The molecule has 1 rings (SSSR count). The van der Waals surface area contributed by atoms with Gasteiger partial charge in [0.05, 0.1) is 5.02 Å². The van der Waals surface area contributed by atoms with E-state index in [0.717, 1.165) is 0 Å². The van der Waals surface area contributed by atoms with Crippen LogP contribution in [-0.4, -0.2) is 5.78 Å². The fourth-order valence-corrected chi connectivity index (χ4v) is 1.48. The summed E-state index contributed by atoms with van der Waals surface area (Å²) in [5.41, 5.74) is -0.00449. The van der Waals surface area contributed by atoms with Gasteiger partial charge in [0.1, 0.15) is 17.4 Å². The molecule has 0 unspecified atom stereocenters. The lowest BCUT2D eigenvalue weighted by molar-refractivity contribution is -0.116. The molecule has 14 heavy (non-hydrogen) atoms. The van der Waals surface area contributed by atoms with Crippen molar-refractivity contribution in [2.75, 3.05) is 0 Å². The molecule has 0 aliphatic heterocycles. The van der Waals surface area contributed by atoms with Gasteiger partial charge in [-0.15, -0.1) is 0 Å². The number of carbonyl (C=O) groups is 1. The molecule has 0 fully saturated rings. The van der Waals surface area contributed by atoms with E-state index in [2.05, 4.69) is 0 Å². The fraction of sp³-hybridized carbons (Fsp3) is 0.300. The topological polar surface area (TPSA) is 17.1 Å². The van der Waals surface area contributed by atoms with Crippen molar-refractivity contribution in [3.63, 3.8) is 0 Å². The number of halogens is 3. The van der Waals surface area contributed by atoms with E-state index in [0.29, 0.717) is 0 Å². The van der Waals surface area contributed by atoms with E-state index >= 15 is 0 Å². The number of hydrogen-bond donors (Lipinski definition) is 0. The van der Waals surface area contributed by atoms with Crippen molar-refractivity contribution in [1.82, 2.24) is 0 Å². The van der Waals surface area contributed by atoms with Gasteiger partial charge in [0.25, 0.3) is 0 Å². The van der Waals surface area contributed by atoms with Gasteiger partial charge in [-0.1, -0.05) is 11.6 Å². The van der Waals surface area contributed by atoms with Crippen LogP contribution < -0.4 is 0 Å². The van der Waals surface area contributed by atoms with Gasteiger partial charge in [0.2, 0.25) is 0 Å². The van der Waals surface area contributed by atoms with E-state index in [9.17, 15) is 13.6 Å². The van der Waals surface area contributed by atoms with Gasteiger partial charge >= 0.3 is 0 Å². The zero-order valence-electron chi connectivity index (χ0n) is 7.83. The summed E-state index contributed by atoms with van der Waals surface area (Å²) >= 11 is 5.52. The maximum absolute atomic E-state index is 13.4. The van der Waals surface area contributed by atoms with Crippen LogP contribution in [-0.2, 0) is 11.2 Å². The van der Waals surface area contributed by atoms with Crippen molar-refractivity contribution >= 4 is 17.4 Å². The van der Waals surface area contributed by atoms with Gasteiger partial charge in [0, 0.05) is 12.0 Å². The first-order valence-corrected chi connectivity index (χ1v) is 4.43. The van der Waals surface area contributed by atoms with E-state index in [1.165, 1.54) is 19.9 Å². The minimum atomic E-state index is -0.843. The van der Waals surface area contributed by atoms with E-state index in [-0.39, 0.29) is 28.4 Å². The van der Waals surface area contributed by atoms with Crippen LogP contribution in [0.25, 0.3) is 0 Å². The second kappa shape index (κ2) is 4.05. The summed E-state index contributed by atoms with van der Waals surface area (Å²) in [5.74, 6) is -1.84. The van der Waals surface area contributed by atoms with Gasteiger partial charge in [-0.2, -0.15) is 0 Å². The summed E-state index contributed by atoms with van der Waals surface area (Å²) < 4.78 is 26.6. The number of benzene rings is 1. The van der Waals surface area contributed by atoms with E-state index in [4.69, 9.17) is 11.6 Å². The van der Waals surface area contributed by atoms with Crippen molar-refractivity contribution in [2.24, 2.45) is 0 Å². The van der Waals surface area contributed by atoms with Crippen molar-refractivity contribution in [1.29, 1.82) is 0 Å². The summed E-state index contributed by atoms with van der Waals surface area (Å²) in [6, 6.07) is 1.20. The van der Waals surface area contributed by atoms with Crippen LogP contribution in [0.2, 0.25) is 5.02 Å². The molecule has 0 aliphatic rings. The minimum Gasteiger partial charge on any atom is -0.300 e. The first-order chi connectivity index (χ1) is 6.43. The van der Waals surface area contributed by atoms with E-state index in [1.54, 1.807) is 0 Å². The molecule has 1 aromatic rings. The zero-order valence-corrected chi connectivity index (χ0v) is 8.58. The molecule has 0 bridgehead atoms. The second-order valence-electron chi connectivity index (χ2n) is 3.16. The molecule has 1 nitrogen and oxygen atoms in total. The third-order valence-electron chi connectivity index (χ3n) is 1.85. The third-order valence-corrected chi connectivity index (χ3v) is 2.13. The molecule has 0 amide bonds. The van der Waals surface area contributed by atoms with Gasteiger partial charge in [-0.25, -0.2) is 8.78 Å². The van der Waals surface area contributed by atoms with Gasteiger partial charge in [-0.05, 0) is 25.5 Å². The highest BCUT2D eigenvalue weighted by Crippen LogP contribution is 2.24. The molecular weight excluding hydrogens is 210 g/mol. The Morgan fingerprint density at radius 1 is 1.43 bits per heavy atom. The molecule has 1 aromatic carbocycles. The molecule has 0 aliphatic carbocycles. The second-order valence-corrected chi connectivity index (χ2v) is 3.57. The highest BCUT2D eigenvalue weighted by atomic mass is 35.5.